The number of alkyl halides is 1. The lowest BCUT2D eigenvalue weighted by atomic mass is 10.3. The van der Waals surface area contributed by atoms with Crippen molar-refractivity contribution in [2.75, 3.05) is 13.0 Å². The molecule has 0 atom stereocenters. The van der Waals surface area contributed by atoms with E-state index in [0.717, 1.165) is 34.8 Å². The summed E-state index contributed by atoms with van der Waals surface area (Å²) in [6.45, 7) is 0.655. The van der Waals surface area contributed by atoms with Crippen molar-refractivity contribution < 1.29 is 9.15 Å². The summed E-state index contributed by atoms with van der Waals surface area (Å²) < 4.78 is 12.8. The molecule has 0 aliphatic carbocycles. The van der Waals surface area contributed by atoms with Crippen molar-refractivity contribution in [2.45, 2.75) is 13.0 Å². The van der Waals surface area contributed by atoms with E-state index in [0.29, 0.717) is 12.4 Å². The van der Waals surface area contributed by atoms with Gasteiger partial charge in [-0.2, -0.15) is 0 Å². The summed E-state index contributed by atoms with van der Waals surface area (Å²) in [5.41, 5.74) is 1.97. The number of aryl methyl sites for hydroxylation is 1. The van der Waals surface area contributed by atoms with E-state index in [1.807, 2.05) is 30.3 Å². The van der Waals surface area contributed by atoms with E-state index in [4.69, 9.17) is 20.8 Å². The molecule has 104 valence electrons. The number of aromatic nitrogens is 2. The lowest BCUT2D eigenvalue weighted by Crippen LogP contribution is -2.05. The molecule has 0 aliphatic rings. The molecule has 3 aromatic rings. The van der Waals surface area contributed by atoms with Gasteiger partial charge in [-0.25, -0.2) is 4.98 Å². The summed E-state index contributed by atoms with van der Waals surface area (Å²) in [5, 5.41) is 0. The van der Waals surface area contributed by atoms with Gasteiger partial charge in [0.1, 0.15) is 17.3 Å². The molecular formula is C15H15ClN2O2. The van der Waals surface area contributed by atoms with Crippen LogP contribution in [-0.4, -0.2) is 22.5 Å². The largest absolute Gasteiger partial charge is 0.497 e. The van der Waals surface area contributed by atoms with E-state index < -0.39 is 0 Å². The molecule has 0 N–H and O–H groups in total. The van der Waals surface area contributed by atoms with Crippen LogP contribution in [0.5, 0.6) is 5.75 Å². The van der Waals surface area contributed by atoms with E-state index in [1.54, 1.807) is 13.4 Å². The fourth-order valence-corrected chi connectivity index (χ4v) is 2.47. The molecule has 0 saturated carbocycles. The van der Waals surface area contributed by atoms with E-state index in [1.165, 1.54) is 0 Å². The second-order valence-corrected chi connectivity index (χ2v) is 4.87. The number of halogens is 1. The molecule has 0 bridgehead atoms. The second-order valence-electron chi connectivity index (χ2n) is 4.49. The molecule has 0 amide bonds. The second kappa shape index (κ2) is 5.59. The Morgan fingerprint density at radius 2 is 2.25 bits per heavy atom. The number of imidazole rings is 1. The third kappa shape index (κ3) is 2.39. The molecule has 4 nitrogen and oxygen atoms in total. The van der Waals surface area contributed by atoms with E-state index in [2.05, 4.69) is 9.55 Å². The van der Waals surface area contributed by atoms with Gasteiger partial charge in [-0.05, 0) is 24.3 Å². The molecule has 3 rings (SSSR count). The highest BCUT2D eigenvalue weighted by atomic mass is 35.5. The smallest absolute Gasteiger partial charge is 0.123 e. The summed E-state index contributed by atoms with van der Waals surface area (Å²) >= 11 is 5.87. The summed E-state index contributed by atoms with van der Waals surface area (Å²) in [4.78, 5) is 4.65. The standard InChI is InChI=1S/C15H15ClN2O2/c1-19-11-4-5-14-13(9-11)17-15(6-7-16)18(14)10-12-3-2-8-20-12/h2-5,8-9H,6-7,10H2,1H3. The number of furan rings is 1. The van der Waals surface area contributed by atoms with Gasteiger partial charge in [0.25, 0.3) is 0 Å². The average Bonchev–Trinajstić information content (AvgIpc) is 3.08. The maximum atomic E-state index is 5.87. The van der Waals surface area contributed by atoms with Crippen LogP contribution < -0.4 is 4.74 Å². The summed E-state index contributed by atoms with van der Waals surface area (Å²) in [6, 6.07) is 9.74. The molecule has 0 unspecified atom stereocenters. The van der Waals surface area contributed by atoms with Crippen molar-refractivity contribution in [2.24, 2.45) is 0 Å². The summed E-state index contributed by atoms with van der Waals surface area (Å²) in [5.74, 6) is 3.20. The molecular weight excluding hydrogens is 276 g/mol. The van der Waals surface area contributed by atoms with Crippen LogP contribution in [0.1, 0.15) is 11.6 Å². The van der Waals surface area contributed by atoms with Crippen LogP contribution >= 0.6 is 11.6 Å². The highest BCUT2D eigenvalue weighted by molar-refractivity contribution is 6.17. The Morgan fingerprint density at radius 3 is 2.95 bits per heavy atom. The lowest BCUT2D eigenvalue weighted by molar-refractivity contribution is 0.415. The van der Waals surface area contributed by atoms with Gasteiger partial charge >= 0.3 is 0 Å². The first-order valence-corrected chi connectivity index (χ1v) is 6.97. The molecule has 0 spiro atoms. The van der Waals surface area contributed by atoms with Gasteiger partial charge < -0.3 is 13.7 Å². The van der Waals surface area contributed by atoms with Gasteiger partial charge in [-0.1, -0.05) is 0 Å². The van der Waals surface area contributed by atoms with Crippen molar-refractivity contribution in [1.29, 1.82) is 0 Å². The molecule has 0 fully saturated rings. The van der Waals surface area contributed by atoms with Crippen molar-refractivity contribution in [3.63, 3.8) is 0 Å². The van der Waals surface area contributed by atoms with Crippen molar-refractivity contribution in [3.05, 3.63) is 48.2 Å². The predicted molar refractivity (Wildman–Crippen MR) is 78.5 cm³/mol. The van der Waals surface area contributed by atoms with Crippen LogP contribution in [0.3, 0.4) is 0 Å². The Labute approximate surface area is 121 Å². The number of benzene rings is 1. The van der Waals surface area contributed by atoms with Gasteiger partial charge in [-0.3, -0.25) is 0 Å². The summed E-state index contributed by atoms with van der Waals surface area (Å²) in [7, 11) is 1.65. The van der Waals surface area contributed by atoms with Crippen LogP contribution in [0.2, 0.25) is 0 Å². The molecule has 2 aromatic heterocycles. The Kier molecular flexibility index (Phi) is 3.65. The minimum atomic E-state index is 0.540. The maximum absolute atomic E-state index is 5.87. The van der Waals surface area contributed by atoms with E-state index in [-0.39, 0.29) is 0 Å². The van der Waals surface area contributed by atoms with E-state index in [9.17, 15) is 0 Å². The van der Waals surface area contributed by atoms with Crippen LogP contribution in [0.15, 0.2) is 41.0 Å². The molecule has 20 heavy (non-hydrogen) atoms. The van der Waals surface area contributed by atoms with Gasteiger partial charge in [0.05, 0.1) is 31.0 Å². The minimum Gasteiger partial charge on any atom is -0.497 e. The van der Waals surface area contributed by atoms with Crippen LogP contribution in [0, 0.1) is 0 Å². The first kappa shape index (κ1) is 13.1. The van der Waals surface area contributed by atoms with Crippen molar-refractivity contribution in [1.82, 2.24) is 9.55 Å². The van der Waals surface area contributed by atoms with Crippen molar-refractivity contribution >= 4 is 22.6 Å². The zero-order valence-corrected chi connectivity index (χ0v) is 11.9. The number of fused-ring (bicyclic) bond motifs is 1. The topological polar surface area (TPSA) is 40.2 Å². The fraction of sp³-hybridized carbons (Fsp3) is 0.267. The Hall–Kier alpha value is -1.94. The molecule has 0 radical (unpaired) electrons. The lowest BCUT2D eigenvalue weighted by Gasteiger charge is -2.06. The summed E-state index contributed by atoms with van der Waals surface area (Å²) in [6.07, 6.45) is 2.40. The number of nitrogens with zero attached hydrogens (tertiary/aromatic N) is 2. The van der Waals surface area contributed by atoms with Gasteiger partial charge in [0.2, 0.25) is 0 Å². The molecule has 0 aliphatic heterocycles. The van der Waals surface area contributed by atoms with E-state index >= 15 is 0 Å². The highest BCUT2D eigenvalue weighted by Gasteiger charge is 2.12. The molecule has 5 heteroatoms. The number of methoxy groups -OCH3 is 1. The number of ether oxygens (including phenoxy) is 1. The normalized spacial score (nSPS) is 11.1. The maximum Gasteiger partial charge on any atom is 0.123 e. The zero-order valence-electron chi connectivity index (χ0n) is 11.2. The Bertz CT molecular complexity index is 704. The quantitative estimate of drug-likeness (QED) is 0.676. The SMILES string of the molecule is COc1ccc2c(c1)nc(CCCl)n2Cc1ccco1. The highest BCUT2D eigenvalue weighted by Crippen LogP contribution is 2.23. The van der Waals surface area contributed by atoms with Gasteiger partial charge in [-0.15, -0.1) is 11.6 Å². The first-order valence-electron chi connectivity index (χ1n) is 6.43. The Balaban J connectivity index is 2.08. The van der Waals surface area contributed by atoms with Gasteiger partial charge in [0, 0.05) is 18.4 Å². The molecule has 1 aromatic carbocycles. The van der Waals surface area contributed by atoms with Crippen molar-refractivity contribution in [3.8, 4) is 5.75 Å². The van der Waals surface area contributed by atoms with Crippen LogP contribution in [-0.2, 0) is 13.0 Å². The third-order valence-corrected chi connectivity index (χ3v) is 3.44. The first-order chi connectivity index (χ1) is 9.81. The van der Waals surface area contributed by atoms with Crippen LogP contribution in [0.4, 0.5) is 0 Å². The average molecular weight is 291 g/mol. The number of hydrogen-bond donors (Lipinski definition) is 0. The monoisotopic (exact) mass is 290 g/mol. The number of hydrogen-bond acceptors (Lipinski definition) is 3. The fourth-order valence-electron chi connectivity index (χ4n) is 2.30. The minimum absolute atomic E-state index is 0.540. The van der Waals surface area contributed by atoms with Gasteiger partial charge in [0.15, 0.2) is 0 Å². The Morgan fingerprint density at radius 1 is 1.35 bits per heavy atom. The number of rotatable bonds is 5. The van der Waals surface area contributed by atoms with Crippen LogP contribution in [0.25, 0.3) is 11.0 Å². The third-order valence-electron chi connectivity index (χ3n) is 3.25. The molecule has 2 heterocycles. The zero-order chi connectivity index (χ0) is 13.9. The predicted octanol–water partition coefficient (Wildman–Crippen LogP) is 3.47. The molecule has 0 saturated heterocycles.